The summed E-state index contributed by atoms with van der Waals surface area (Å²) >= 11 is 5.92. The van der Waals surface area contributed by atoms with E-state index < -0.39 is 10.8 Å². The van der Waals surface area contributed by atoms with Gasteiger partial charge in [-0.15, -0.1) is 0 Å². The zero-order chi connectivity index (χ0) is 14.0. The molecule has 2 N–H and O–H groups in total. The highest BCUT2D eigenvalue weighted by Gasteiger charge is 2.39. The summed E-state index contributed by atoms with van der Waals surface area (Å²) < 4.78 is 12.1. The number of anilines is 2. The van der Waals surface area contributed by atoms with Crippen molar-refractivity contribution < 1.29 is 4.21 Å². The highest BCUT2D eigenvalue weighted by atomic mass is 35.5. The van der Waals surface area contributed by atoms with Gasteiger partial charge in [0, 0.05) is 35.7 Å². The van der Waals surface area contributed by atoms with E-state index in [1.165, 1.54) is 0 Å². The first-order valence-corrected chi connectivity index (χ1v) is 8.14. The van der Waals surface area contributed by atoms with Gasteiger partial charge >= 0.3 is 0 Å². The van der Waals surface area contributed by atoms with Gasteiger partial charge in [-0.05, 0) is 12.8 Å². The molecular weight excluding hydrogens is 284 g/mol. The van der Waals surface area contributed by atoms with Crippen molar-refractivity contribution in [2.24, 2.45) is 0 Å². The van der Waals surface area contributed by atoms with E-state index in [-0.39, 0.29) is 10.7 Å². The fourth-order valence-electron chi connectivity index (χ4n) is 2.48. The predicted molar refractivity (Wildman–Crippen MR) is 80.0 cm³/mol. The van der Waals surface area contributed by atoms with E-state index in [4.69, 9.17) is 17.3 Å². The zero-order valence-electron chi connectivity index (χ0n) is 11.2. The summed E-state index contributed by atoms with van der Waals surface area (Å²) in [6, 6.07) is 1.71. The summed E-state index contributed by atoms with van der Waals surface area (Å²) in [5, 5.41) is 0.341. The molecule has 0 aromatic carbocycles. The van der Waals surface area contributed by atoms with Crippen LogP contribution < -0.4 is 10.6 Å². The summed E-state index contributed by atoms with van der Waals surface area (Å²) in [5.74, 6) is 1.55. The number of nitrogens with zero attached hydrogens (tertiary/aromatic N) is 3. The van der Waals surface area contributed by atoms with Crippen LogP contribution in [-0.4, -0.2) is 37.8 Å². The topological polar surface area (TPSA) is 72.1 Å². The van der Waals surface area contributed by atoms with Crippen LogP contribution >= 0.6 is 11.6 Å². The summed E-state index contributed by atoms with van der Waals surface area (Å²) in [7, 11) is -0.791. The largest absolute Gasteiger partial charge is 0.368 e. The SMILES string of the molecule is CCC1(CC)CN(c2cc(Cl)nc(N)n2)CCS1=O. The Hall–Kier alpha value is -0.880. The van der Waals surface area contributed by atoms with Gasteiger partial charge < -0.3 is 10.6 Å². The molecule has 19 heavy (non-hydrogen) atoms. The lowest BCUT2D eigenvalue weighted by Gasteiger charge is -2.41. The third-order valence-corrected chi connectivity index (χ3v) is 6.24. The van der Waals surface area contributed by atoms with Gasteiger partial charge in [0.2, 0.25) is 5.95 Å². The molecule has 1 fully saturated rings. The molecule has 1 aliphatic rings. The second-order valence-corrected chi connectivity index (χ2v) is 7.12. The lowest BCUT2D eigenvalue weighted by atomic mass is 10.0. The lowest BCUT2D eigenvalue weighted by Crippen LogP contribution is -2.53. The Kier molecular flexibility index (Phi) is 4.30. The maximum absolute atomic E-state index is 12.3. The molecule has 1 saturated heterocycles. The third-order valence-electron chi connectivity index (χ3n) is 3.82. The van der Waals surface area contributed by atoms with Crippen LogP contribution in [0.5, 0.6) is 0 Å². The maximum Gasteiger partial charge on any atom is 0.223 e. The Labute approximate surface area is 121 Å². The molecule has 1 atom stereocenters. The van der Waals surface area contributed by atoms with Gasteiger partial charge in [-0.2, -0.15) is 4.98 Å². The molecule has 0 amide bonds. The minimum Gasteiger partial charge on any atom is -0.368 e. The molecule has 1 aromatic rings. The summed E-state index contributed by atoms with van der Waals surface area (Å²) in [4.78, 5) is 10.2. The minimum atomic E-state index is -0.791. The predicted octanol–water partition coefficient (Wildman–Crippen LogP) is 1.84. The highest BCUT2D eigenvalue weighted by Crippen LogP contribution is 2.31. The number of nitrogen functional groups attached to an aromatic ring is 1. The third kappa shape index (κ3) is 2.84. The van der Waals surface area contributed by atoms with Crippen molar-refractivity contribution in [1.29, 1.82) is 0 Å². The molecule has 0 aliphatic carbocycles. The quantitative estimate of drug-likeness (QED) is 0.863. The Morgan fingerprint density at radius 1 is 1.47 bits per heavy atom. The van der Waals surface area contributed by atoms with Gasteiger partial charge in [0.15, 0.2) is 0 Å². The number of nitrogens with two attached hydrogens (primary N) is 1. The van der Waals surface area contributed by atoms with E-state index in [1.54, 1.807) is 6.07 Å². The van der Waals surface area contributed by atoms with Crippen LogP contribution in [0.3, 0.4) is 0 Å². The van der Waals surface area contributed by atoms with E-state index >= 15 is 0 Å². The second kappa shape index (κ2) is 5.63. The smallest absolute Gasteiger partial charge is 0.223 e. The van der Waals surface area contributed by atoms with Crippen LogP contribution in [0.2, 0.25) is 5.15 Å². The number of aromatic nitrogens is 2. The van der Waals surface area contributed by atoms with Gasteiger partial charge in [0.05, 0.1) is 4.75 Å². The monoisotopic (exact) mass is 302 g/mol. The Bertz CT molecular complexity index is 472. The number of hydrogen-bond acceptors (Lipinski definition) is 5. The van der Waals surface area contributed by atoms with Crippen molar-refractivity contribution in [2.75, 3.05) is 29.5 Å². The number of rotatable bonds is 3. The first-order chi connectivity index (χ1) is 9.00. The van der Waals surface area contributed by atoms with Crippen LogP contribution in [0.15, 0.2) is 6.07 Å². The van der Waals surface area contributed by atoms with Crippen LogP contribution in [0, 0.1) is 0 Å². The first-order valence-electron chi connectivity index (χ1n) is 6.44. The van der Waals surface area contributed by atoms with Crippen molar-refractivity contribution in [3.63, 3.8) is 0 Å². The van der Waals surface area contributed by atoms with Crippen molar-refractivity contribution in [3.8, 4) is 0 Å². The normalized spacial score (nSPS) is 22.5. The van der Waals surface area contributed by atoms with Crippen molar-refractivity contribution in [2.45, 2.75) is 31.4 Å². The molecule has 0 bridgehead atoms. The van der Waals surface area contributed by atoms with E-state index in [0.717, 1.165) is 25.2 Å². The highest BCUT2D eigenvalue weighted by molar-refractivity contribution is 7.86. The van der Waals surface area contributed by atoms with Crippen molar-refractivity contribution in [1.82, 2.24) is 9.97 Å². The summed E-state index contributed by atoms with van der Waals surface area (Å²) in [6.07, 6.45) is 1.78. The van der Waals surface area contributed by atoms with Gasteiger partial charge in [-0.25, -0.2) is 4.98 Å². The molecular formula is C12H19ClN4OS. The maximum atomic E-state index is 12.3. The molecule has 5 nitrogen and oxygen atoms in total. The van der Waals surface area contributed by atoms with E-state index in [9.17, 15) is 4.21 Å². The molecule has 2 rings (SSSR count). The average Bonchev–Trinajstić information content (AvgIpc) is 2.38. The van der Waals surface area contributed by atoms with Crippen LogP contribution in [0.1, 0.15) is 26.7 Å². The molecule has 106 valence electrons. The van der Waals surface area contributed by atoms with E-state index in [0.29, 0.717) is 17.5 Å². The summed E-state index contributed by atoms with van der Waals surface area (Å²) in [5.41, 5.74) is 5.63. The number of hydrogen-bond donors (Lipinski definition) is 1. The molecule has 0 saturated carbocycles. The molecule has 7 heteroatoms. The fraction of sp³-hybridized carbons (Fsp3) is 0.667. The standard InChI is InChI=1S/C12H19ClN4OS/c1-3-12(4-2)8-17(5-6-19(12)18)10-7-9(13)15-11(14)16-10/h7H,3-6,8H2,1-2H3,(H2,14,15,16). The van der Waals surface area contributed by atoms with Crippen LogP contribution in [-0.2, 0) is 10.8 Å². The molecule has 1 unspecified atom stereocenters. The van der Waals surface area contributed by atoms with Crippen molar-refractivity contribution >= 4 is 34.2 Å². The molecule has 0 radical (unpaired) electrons. The Balaban J connectivity index is 2.29. The molecule has 0 spiro atoms. The zero-order valence-corrected chi connectivity index (χ0v) is 12.8. The Morgan fingerprint density at radius 3 is 2.74 bits per heavy atom. The van der Waals surface area contributed by atoms with Gasteiger partial charge in [0.25, 0.3) is 0 Å². The van der Waals surface area contributed by atoms with Crippen molar-refractivity contribution in [3.05, 3.63) is 11.2 Å². The van der Waals surface area contributed by atoms with E-state index in [1.807, 2.05) is 0 Å². The lowest BCUT2D eigenvalue weighted by molar-refractivity contribution is 0.494. The van der Waals surface area contributed by atoms with Crippen LogP contribution in [0.25, 0.3) is 0 Å². The minimum absolute atomic E-state index is 0.162. The van der Waals surface area contributed by atoms with Gasteiger partial charge in [-0.1, -0.05) is 25.4 Å². The van der Waals surface area contributed by atoms with Gasteiger partial charge in [-0.3, -0.25) is 4.21 Å². The number of halogens is 1. The second-order valence-electron chi connectivity index (χ2n) is 4.77. The van der Waals surface area contributed by atoms with Gasteiger partial charge in [0.1, 0.15) is 11.0 Å². The van der Waals surface area contributed by atoms with Crippen LogP contribution in [0.4, 0.5) is 11.8 Å². The van der Waals surface area contributed by atoms with E-state index in [2.05, 4.69) is 28.7 Å². The molecule has 2 heterocycles. The average molecular weight is 303 g/mol. The fourth-order valence-corrected chi connectivity index (χ4v) is 4.43. The first kappa shape index (κ1) is 14.5. The summed E-state index contributed by atoms with van der Waals surface area (Å²) in [6.45, 7) is 5.61. The Morgan fingerprint density at radius 2 is 2.16 bits per heavy atom. The molecule has 1 aliphatic heterocycles. The molecule has 1 aromatic heterocycles.